The van der Waals surface area contributed by atoms with Crippen molar-refractivity contribution in [2.45, 2.75) is 6.42 Å². The summed E-state index contributed by atoms with van der Waals surface area (Å²) in [6.45, 7) is 0.432. The summed E-state index contributed by atoms with van der Waals surface area (Å²) in [6, 6.07) is 15.8. The highest BCUT2D eigenvalue weighted by Crippen LogP contribution is 2.17. The molecule has 1 heterocycles. The minimum absolute atomic E-state index is 0.00899. The average molecular weight is 402 g/mol. The van der Waals surface area contributed by atoms with E-state index in [2.05, 4.69) is 40.6 Å². The lowest BCUT2D eigenvalue weighted by Gasteiger charge is -2.09. The third-order valence-electron chi connectivity index (χ3n) is 3.91. The summed E-state index contributed by atoms with van der Waals surface area (Å²) in [5.41, 5.74) is 1.27. The van der Waals surface area contributed by atoms with Crippen molar-refractivity contribution >= 4 is 45.7 Å². The highest BCUT2D eigenvalue weighted by molar-refractivity contribution is 6.35. The highest BCUT2D eigenvalue weighted by Gasteiger charge is 2.13. The van der Waals surface area contributed by atoms with E-state index >= 15 is 0 Å². The second-order valence-electron chi connectivity index (χ2n) is 5.91. The fourth-order valence-corrected chi connectivity index (χ4v) is 2.93. The summed E-state index contributed by atoms with van der Waals surface area (Å²) in [7, 11) is 0. The third-order valence-corrected chi connectivity index (χ3v) is 4.42. The van der Waals surface area contributed by atoms with E-state index in [4.69, 9.17) is 33.3 Å². The van der Waals surface area contributed by atoms with Crippen LogP contribution in [-0.4, -0.2) is 29.9 Å². The Morgan fingerprint density at radius 1 is 1.11 bits per heavy atom. The predicted octanol–water partition coefficient (Wildman–Crippen LogP) is 4.51. The van der Waals surface area contributed by atoms with Crippen LogP contribution in [0.15, 0.2) is 54.7 Å². The monoisotopic (exact) mass is 401 g/mol. The zero-order chi connectivity index (χ0) is 19.2. The molecule has 2 N–H and O–H groups in total. The van der Waals surface area contributed by atoms with E-state index in [-0.39, 0.29) is 23.2 Å². The number of nitrogens with zero attached hydrogens (tertiary/aromatic N) is 1. The van der Waals surface area contributed by atoms with Crippen molar-refractivity contribution < 1.29 is 9.53 Å². The van der Waals surface area contributed by atoms with Crippen LogP contribution in [-0.2, 0) is 11.2 Å². The molecule has 3 aromatic rings. The number of amidine groups is 1. The quantitative estimate of drug-likeness (QED) is 0.276. The molecule has 0 fully saturated rings. The number of ether oxygens (including phenoxy) is 1. The SMILES string of the molecule is N=C(COCCc1ccc2ccccc2c1)NC(=O)c1cc(Cl)cnc1Cl. The largest absolute Gasteiger partial charge is 0.373 e. The number of hydrogen-bond acceptors (Lipinski definition) is 4. The van der Waals surface area contributed by atoms with Gasteiger partial charge in [0, 0.05) is 6.20 Å². The van der Waals surface area contributed by atoms with Gasteiger partial charge in [-0.3, -0.25) is 10.2 Å². The predicted molar refractivity (Wildman–Crippen MR) is 108 cm³/mol. The summed E-state index contributed by atoms with van der Waals surface area (Å²) in [6.07, 6.45) is 2.07. The van der Waals surface area contributed by atoms with Crippen LogP contribution >= 0.6 is 23.2 Å². The Kier molecular flexibility index (Phi) is 6.40. The van der Waals surface area contributed by atoms with Gasteiger partial charge in [0.05, 0.1) is 17.2 Å². The van der Waals surface area contributed by atoms with Crippen LogP contribution in [0, 0.1) is 5.41 Å². The Bertz CT molecular complexity index is 992. The van der Waals surface area contributed by atoms with E-state index < -0.39 is 5.91 Å². The molecule has 0 radical (unpaired) electrons. The van der Waals surface area contributed by atoms with Crippen LogP contribution < -0.4 is 5.32 Å². The molecule has 27 heavy (non-hydrogen) atoms. The van der Waals surface area contributed by atoms with E-state index in [1.54, 1.807) is 0 Å². The molecule has 7 heteroatoms. The maximum Gasteiger partial charge on any atom is 0.259 e. The van der Waals surface area contributed by atoms with Gasteiger partial charge < -0.3 is 10.1 Å². The van der Waals surface area contributed by atoms with Gasteiger partial charge >= 0.3 is 0 Å². The fraction of sp³-hybridized carbons (Fsp3) is 0.150. The molecule has 0 saturated carbocycles. The summed E-state index contributed by atoms with van der Waals surface area (Å²) < 4.78 is 5.49. The van der Waals surface area contributed by atoms with Gasteiger partial charge in [-0.2, -0.15) is 0 Å². The van der Waals surface area contributed by atoms with Crippen LogP contribution in [0.2, 0.25) is 10.2 Å². The fourth-order valence-electron chi connectivity index (χ4n) is 2.58. The Labute approximate surface area is 166 Å². The third kappa shape index (κ3) is 5.26. The first kappa shape index (κ1) is 19.3. The van der Waals surface area contributed by atoms with Crippen molar-refractivity contribution in [3.8, 4) is 0 Å². The first-order valence-corrected chi connectivity index (χ1v) is 9.04. The average Bonchev–Trinajstić information content (AvgIpc) is 2.67. The number of rotatable bonds is 6. The van der Waals surface area contributed by atoms with E-state index in [1.807, 2.05) is 12.1 Å². The van der Waals surface area contributed by atoms with Crippen LogP contribution in [0.25, 0.3) is 10.8 Å². The molecule has 138 valence electrons. The molecule has 1 aromatic heterocycles. The number of pyridine rings is 1. The van der Waals surface area contributed by atoms with Gasteiger partial charge in [0.15, 0.2) is 0 Å². The molecule has 0 spiro atoms. The molecule has 5 nitrogen and oxygen atoms in total. The van der Waals surface area contributed by atoms with E-state index in [0.717, 1.165) is 12.0 Å². The molecule has 0 aliphatic heterocycles. The van der Waals surface area contributed by atoms with Gasteiger partial charge in [-0.1, -0.05) is 65.7 Å². The van der Waals surface area contributed by atoms with Crippen LogP contribution in [0.5, 0.6) is 0 Å². The lowest BCUT2D eigenvalue weighted by molar-refractivity contribution is 0.0970. The Balaban J connectivity index is 1.46. The maximum atomic E-state index is 12.1. The molecule has 1 amide bonds. The molecule has 0 bridgehead atoms. The van der Waals surface area contributed by atoms with Gasteiger partial charge in [-0.05, 0) is 28.8 Å². The van der Waals surface area contributed by atoms with Crippen molar-refractivity contribution in [1.82, 2.24) is 10.3 Å². The highest BCUT2D eigenvalue weighted by atomic mass is 35.5. The zero-order valence-electron chi connectivity index (χ0n) is 14.3. The van der Waals surface area contributed by atoms with Gasteiger partial charge in [-0.25, -0.2) is 4.98 Å². The van der Waals surface area contributed by atoms with Crippen molar-refractivity contribution in [2.75, 3.05) is 13.2 Å². The van der Waals surface area contributed by atoms with E-state index in [1.165, 1.54) is 23.0 Å². The van der Waals surface area contributed by atoms with E-state index in [0.29, 0.717) is 11.6 Å². The first-order chi connectivity index (χ1) is 13.0. The molecule has 3 rings (SSSR count). The summed E-state index contributed by atoms with van der Waals surface area (Å²) in [5.74, 6) is -0.604. The van der Waals surface area contributed by atoms with Crippen molar-refractivity contribution in [2.24, 2.45) is 0 Å². The lowest BCUT2D eigenvalue weighted by atomic mass is 10.1. The summed E-state index contributed by atoms with van der Waals surface area (Å²) in [4.78, 5) is 15.9. The molecule has 0 atom stereocenters. The maximum absolute atomic E-state index is 12.1. The molecule has 0 saturated heterocycles. The smallest absolute Gasteiger partial charge is 0.259 e. The van der Waals surface area contributed by atoms with Crippen LogP contribution in [0.3, 0.4) is 0 Å². The standard InChI is InChI=1S/C20H17Cl2N3O2/c21-16-10-17(19(22)24-11-16)20(26)25-18(23)12-27-8-7-13-5-6-14-3-1-2-4-15(14)9-13/h1-6,9-11H,7-8,12H2,(H2,23,25,26). The second kappa shape index (κ2) is 8.95. The van der Waals surface area contributed by atoms with E-state index in [9.17, 15) is 4.79 Å². The summed E-state index contributed by atoms with van der Waals surface area (Å²) >= 11 is 11.7. The molecular weight excluding hydrogens is 385 g/mol. The number of amides is 1. The Hall–Kier alpha value is -2.47. The minimum Gasteiger partial charge on any atom is -0.373 e. The molecule has 0 aliphatic rings. The lowest BCUT2D eigenvalue weighted by Crippen LogP contribution is -2.33. The van der Waals surface area contributed by atoms with Crippen LogP contribution in [0.1, 0.15) is 15.9 Å². The number of aromatic nitrogens is 1. The normalized spacial score (nSPS) is 10.7. The number of halogens is 2. The minimum atomic E-state index is -0.543. The van der Waals surface area contributed by atoms with Crippen LogP contribution in [0.4, 0.5) is 0 Å². The van der Waals surface area contributed by atoms with Gasteiger partial charge in [0.25, 0.3) is 5.91 Å². The second-order valence-corrected chi connectivity index (χ2v) is 6.70. The number of fused-ring (bicyclic) bond motifs is 1. The first-order valence-electron chi connectivity index (χ1n) is 8.28. The Morgan fingerprint density at radius 3 is 2.70 bits per heavy atom. The number of nitrogens with one attached hydrogen (secondary N) is 2. The number of benzene rings is 2. The summed E-state index contributed by atoms with van der Waals surface area (Å²) in [5, 5.41) is 13.0. The molecule has 2 aromatic carbocycles. The topological polar surface area (TPSA) is 75.1 Å². The Morgan fingerprint density at radius 2 is 1.89 bits per heavy atom. The van der Waals surface area contributed by atoms with Gasteiger partial charge in [0.1, 0.15) is 17.6 Å². The number of carbonyl (C=O) groups excluding carboxylic acids is 1. The van der Waals surface area contributed by atoms with Gasteiger partial charge in [0.2, 0.25) is 0 Å². The van der Waals surface area contributed by atoms with Gasteiger partial charge in [-0.15, -0.1) is 0 Å². The molecule has 0 unspecified atom stereocenters. The number of carbonyl (C=O) groups is 1. The zero-order valence-corrected chi connectivity index (χ0v) is 15.8. The molecular formula is C20H17Cl2N3O2. The van der Waals surface area contributed by atoms with Crippen molar-refractivity contribution in [3.63, 3.8) is 0 Å². The molecule has 0 aliphatic carbocycles. The van der Waals surface area contributed by atoms with Crippen molar-refractivity contribution in [3.05, 3.63) is 76.0 Å². The van der Waals surface area contributed by atoms with Crippen molar-refractivity contribution in [1.29, 1.82) is 5.41 Å². The number of hydrogen-bond donors (Lipinski definition) is 2.